The molecule has 0 aliphatic rings. The van der Waals surface area contributed by atoms with Gasteiger partial charge in [-0.25, -0.2) is 4.79 Å². The topological polar surface area (TPSA) is 136 Å². The molecule has 33 heavy (non-hydrogen) atoms. The van der Waals surface area contributed by atoms with Gasteiger partial charge in [0.05, 0.1) is 23.5 Å². The van der Waals surface area contributed by atoms with E-state index in [4.69, 9.17) is 4.74 Å². The van der Waals surface area contributed by atoms with Gasteiger partial charge in [-0.15, -0.1) is 0 Å². The van der Waals surface area contributed by atoms with Gasteiger partial charge in [-0.3, -0.25) is 19.7 Å². The Morgan fingerprint density at radius 2 is 1.67 bits per heavy atom. The van der Waals surface area contributed by atoms with Crippen molar-refractivity contribution in [2.75, 3.05) is 6.61 Å². The number of carboxylic acids is 1. The van der Waals surface area contributed by atoms with Crippen LogP contribution < -0.4 is 5.32 Å². The van der Waals surface area contributed by atoms with Crippen LogP contribution in [0.1, 0.15) is 40.7 Å². The number of hydrogen-bond donors (Lipinski definition) is 2. The molecule has 0 unspecified atom stereocenters. The SMILES string of the molecule is CCOC(=O)C[C@@H](c1ccc([N+](=O)[O-])cc1)[C@@H](NC(=O)c1ccc(C(F)(F)F)cc1)C(=O)O. The lowest BCUT2D eigenvalue weighted by atomic mass is 9.88. The summed E-state index contributed by atoms with van der Waals surface area (Å²) in [7, 11) is 0. The number of nitrogens with one attached hydrogen (secondary N) is 1. The van der Waals surface area contributed by atoms with Crippen molar-refractivity contribution in [3.05, 3.63) is 75.3 Å². The highest BCUT2D eigenvalue weighted by Crippen LogP contribution is 2.30. The highest BCUT2D eigenvalue weighted by molar-refractivity contribution is 5.97. The molecule has 12 heteroatoms. The van der Waals surface area contributed by atoms with Crippen LogP contribution in [0.4, 0.5) is 18.9 Å². The van der Waals surface area contributed by atoms with Crippen LogP contribution >= 0.6 is 0 Å². The van der Waals surface area contributed by atoms with Crippen molar-refractivity contribution in [3.63, 3.8) is 0 Å². The van der Waals surface area contributed by atoms with E-state index in [2.05, 4.69) is 5.32 Å². The minimum absolute atomic E-state index is 0.0153. The van der Waals surface area contributed by atoms with Crippen LogP contribution in [-0.2, 0) is 20.5 Å². The smallest absolute Gasteiger partial charge is 0.416 e. The fourth-order valence-corrected chi connectivity index (χ4v) is 3.04. The number of rotatable bonds is 9. The Bertz CT molecular complexity index is 1020. The monoisotopic (exact) mass is 468 g/mol. The number of halogens is 3. The summed E-state index contributed by atoms with van der Waals surface area (Å²) in [6, 6.07) is 6.19. The molecule has 0 bridgehead atoms. The van der Waals surface area contributed by atoms with E-state index in [0.29, 0.717) is 12.1 Å². The Morgan fingerprint density at radius 3 is 2.12 bits per heavy atom. The molecule has 9 nitrogen and oxygen atoms in total. The van der Waals surface area contributed by atoms with Gasteiger partial charge in [0.25, 0.3) is 11.6 Å². The number of aliphatic carboxylic acids is 1. The Hall–Kier alpha value is -3.96. The number of amides is 1. The number of ether oxygens (including phenoxy) is 1. The zero-order valence-corrected chi connectivity index (χ0v) is 17.2. The first-order chi connectivity index (χ1) is 15.4. The van der Waals surface area contributed by atoms with Gasteiger partial charge in [0.15, 0.2) is 0 Å². The lowest BCUT2D eigenvalue weighted by Crippen LogP contribution is -2.45. The predicted octanol–water partition coefficient (Wildman–Crippen LogP) is 3.53. The molecule has 0 saturated heterocycles. The summed E-state index contributed by atoms with van der Waals surface area (Å²) in [6.07, 6.45) is -5.09. The molecule has 0 radical (unpaired) electrons. The number of hydrogen-bond acceptors (Lipinski definition) is 6. The predicted molar refractivity (Wildman–Crippen MR) is 107 cm³/mol. The van der Waals surface area contributed by atoms with Crippen molar-refractivity contribution in [1.29, 1.82) is 0 Å². The van der Waals surface area contributed by atoms with Crippen LogP contribution in [0, 0.1) is 10.1 Å². The number of esters is 1. The van der Waals surface area contributed by atoms with Gasteiger partial charge in [-0.05, 0) is 36.8 Å². The maximum atomic E-state index is 12.7. The molecule has 0 heterocycles. The second-order valence-electron chi connectivity index (χ2n) is 6.83. The van der Waals surface area contributed by atoms with E-state index in [9.17, 15) is 42.8 Å². The molecule has 0 aromatic heterocycles. The second-order valence-corrected chi connectivity index (χ2v) is 6.83. The van der Waals surface area contributed by atoms with E-state index in [0.717, 1.165) is 24.3 Å². The molecular formula is C21H19F3N2O7. The van der Waals surface area contributed by atoms with E-state index >= 15 is 0 Å². The summed E-state index contributed by atoms with van der Waals surface area (Å²) < 4.78 is 43.0. The van der Waals surface area contributed by atoms with Crippen molar-refractivity contribution in [2.45, 2.75) is 31.5 Å². The van der Waals surface area contributed by atoms with Crippen LogP contribution in [0.5, 0.6) is 0 Å². The summed E-state index contributed by atoms with van der Waals surface area (Å²) in [4.78, 5) is 46.8. The molecule has 2 atom stereocenters. The summed E-state index contributed by atoms with van der Waals surface area (Å²) >= 11 is 0. The lowest BCUT2D eigenvalue weighted by molar-refractivity contribution is -0.384. The molecule has 2 aromatic carbocycles. The second kappa shape index (κ2) is 10.6. The molecule has 176 valence electrons. The van der Waals surface area contributed by atoms with Gasteiger partial charge in [-0.1, -0.05) is 12.1 Å². The Balaban J connectivity index is 2.35. The summed E-state index contributed by atoms with van der Waals surface area (Å²) in [5.41, 5.74) is -1.28. The van der Waals surface area contributed by atoms with Crippen molar-refractivity contribution >= 4 is 23.5 Å². The van der Waals surface area contributed by atoms with Gasteiger partial charge in [0.1, 0.15) is 6.04 Å². The lowest BCUT2D eigenvalue weighted by Gasteiger charge is -2.25. The third-order valence-electron chi connectivity index (χ3n) is 4.65. The molecule has 0 saturated carbocycles. The highest BCUT2D eigenvalue weighted by atomic mass is 19.4. The molecule has 1 amide bonds. The fourth-order valence-electron chi connectivity index (χ4n) is 3.04. The Kier molecular flexibility index (Phi) is 8.10. The van der Waals surface area contributed by atoms with E-state index in [1.54, 1.807) is 6.92 Å². The number of carbonyl (C=O) groups is 3. The molecule has 2 rings (SSSR count). The number of nitro groups is 1. The van der Waals surface area contributed by atoms with E-state index in [1.807, 2.05) is 0 Å². The number of alkyl halides is 3. The minimum atomic E-state index is -4.61. The number of nitrogens with zero attached hydrogens (tertiary/aromatic N) is 1. The van der Waals surface area contributed by atoms with Crippen LogP contribution in [0.2, 0.25) is 0 Å². The molecule has 0 spiro atoms. The average Bonchev–Trinajstić information content (AvgIpc) is 2.75. The minimum Gasteiger partial charge on any atom is -0.480 e. The molecule has 0 aliphatic heterocycles. The van der Waals surface area contributed by atoms with E-state index in [-0.39, 0.29) is 23.4 Å². The molecule has 0 aliphatic carbocycles. The van der Waals surface area contributed by atoms with Crippen LogP contribution in [0.3, 0.4) is 0 Å². The molecule has 2 aromatic rings. The van der Waals surface area contributed by atoms with E-state index < -0.39 is 52.9 Å². The standard InChI is InChI=1S/C21H19F3N2O7/c1-2-33-17(27)11-16(12-5-9-15(10-6-12)26(31)32)18(20(29)30)25-19(28)13-3-7-14(8-4-13)21(22,23)24/h3-10,16,18H,2,11H2,1H3,(H,25,28)(H,29,30)/t16-,18+/m0/s1. The summed E-state index contributed by atoms with van der Waals surface area (Å²) in [5.74, 6) is -4.45. The van der Waals surface area contributed by atoms with Crippen LogP contribution in [-0.4, -0.2) is 40.5 Å². The summed E-state index contributed by atoms with van der Waals surface area (Å²) in [5, 5.41) is 22.8. The molecule has 2 N–H and O–H groups in total. The Labute approximate surface area is 185 Å². The molecular weight excluding hydrogens is 449 g/mol. The maximum Gasteiger partial charge on any atom is 0.416 e. The van der Waals surface area contributed by atoms with Crippen molar-refractivity contribution in [1.82, 2.24) is 5.32 Å². The van der Waals surface area contributed by atoms with Crippen LogP contribution in [0.15, 0.2) is 48.5 Å². The van der Waals surface area contributed by atoms with Gasteiger partial charge in [-0.2, -0.15) is 13.2 Å². The third kappa shape index (κ3) is 6.76. The Morgan fingerprint density at radius 1 is 1.09 bits per heavy atom. The van der Waals surface area contributed by atoms with E-state index in [1.165, 1.54) is 12.1 Å². The quantitative estimate of drug-likeness (QED) is 0.326. The van der Waals surface area contributed by atoms with Gasteiger partial charge in [0.2, 0.25) is 0 Å². The first kappa shape index (κ1) is 25.3. The number of benzene rings is 2. The number of non-ortho nitro benzene ring substituents is 1. The van der Waals surface area contributed by atoms with Crippen molar-refractivity contribution in [2.24, 2.45) is 0 Å². The molecule has 0 fully saturated rings. The summed E-state index contributed by atoms with van der Waals surface area (Å²) in [6.45, 7) is 1.56. The average molecular weight is 468 g/mol. The highest BCUT2D eigenvalue weighted by Gasteiger charge is 2.34. The van der Waals surface area contributed by atoms with Gasteiger partial charge >= 0.3 is 18.1 Å². The van der Waals surface area contributed by atoms with Crippen LogP contribution in [0.25, 0.3) is 0 Å². The zero-order chi connectivity index (χ0) is 24.8. The normalized spacial score (nSPS) is 13.0. The first-order valence-corrected chi connectivity index (χ1v) is 9.55. The number of carboxylic acid groups (broad SMARTS) is 1. The maximum absolute atomic E-state index is 12.7. The van der Waals surface area contributed by atoms with Gasteiger partial charge in [0, 0.05) is 23.6 Å². The largest absolute Gasteiger partial charge is 0.480 e. The first-order valence-electron chi connectivity index (χ1n) is 9.55. The zero-order valence-electron chi connectivity index (χ0n) is 17.2. The van der Waals surface area contributed by atoms with Gasteiger partial charge < -0.3 is 15.2 Å². The van der Waals surface area contributed by atoms with Crippen molar-refractivity contribution < 1.29 is 42.3 Å². The van der Waals surface area contributed by atoms with Crippen molar-refractivity contribution in [3.8, 4) is 0 Å². The fraction of sp³-hybridized carbons (Fsp3) is 0.286. The number of carbonyl (C=O) groups excluding carboxylic acids is 2. The third-order valence-corrected chi connectivity index (χ3v) is 4.65. The number of nitro benzene ring substituents is 1.